The fraction of sp³-hybridized carbons (Fsp3) is 0.0811. The molecule has 78 heavy (non-hydrogen) atoms. The summed E-state index contributed by atoms with van der Waals surface area (Å²) in [6.07, 6.45) is 0. The van der Waals surface area contributed by atoms with Crippen LogP contribution in [0.2, 0.25) is 0 Å². The number of Topliss-reactive ketones (excluding diaryl/α,β-unsaturated/α-hetero) is 2. The molecule has 6 unspecified atom stereocenters. The predicted molar refractivity (Wildman–Crippen MR) is 310 cm³/mol. The van der Waals surface area contributed by atoms with Crippen molar-refractivity contribution in [3.05, 3.63) is 291 Å². The number of carbonyl (C=O) groups is 2. The molecule has 0 saturated carbocycles. The van der Waals surface area contributed by atoms with Crippen LogP contribution in [0.5, 0.6) is 0 Å². The Bertz CT molecular complexity index is 4960. The zero-order chi connectivity index (χ0) is 50.7. The second-order valence-corrected chi connectivity index (χ2v) is 23.1. The fourth-order valence-corrected chi connectivity index (χ4v) is 17.5. The lowest BCUT2D eigenvalue weighted by Crippen LogP contribution is -2.61. The largest absolute Gasteiger partial charge is 0.455 e. The lowest BCUT2D eigenvalue weighted by molar-refractivity contribution is 0.0839. The van der Waals surface area contributed by atoms with Crippen LogP contribution in [0.1, 0.15) is 100 Å². The van der Waals surface area contributed by atoms with E-state index >= 15 is 9.59 Å². The highest BCUT2D eigenvalue weighted by Gasteiger charge is 2.70. The third kappa shape index (κ3) is 4.28. The van der Waals surface area contributed by atoms with Crippen molar-refractivity contribution < 1.29 is 14.0 Å². The Labute approximate surface area is 446 Å². The quantitative estimate of drug-likeness (QED) is 0.177. The van der Waals surface area contributed by atoms with Gasteiger partial charge in [-0.15, -0.1) is 0 Å². The first-order valence-corrected chi connectivity index (χ1v) is 27.5. The molecule has 360 valence electrons. The van der Waals surface area contributed by atoms with E-state index in [0.29, 0.717) is 0 Å². The maximum absolute atomic E-state index is 15.6. The SMILES string of the molecule is O=C1c2cc3c(cc2C2c4ccccc4C24c2ccccc2C14)c1cc(-c2c(-c4ccccc4)cc4c(oc5ccccc54)c2-c2ccccc2)cc2c4cc5c(cc4n3c12)C(=O)C1c2ccccc2C12c1ccccc1C52. The van der Waals surface area contributed by atoms with Crippen molar-refractivity contribution >= 4 is 71.6 Å². The van der Waals surface area contributed by atoms with Gasteiger partial charge < -0.3 is 8.82 Å². The Morgan fingerprint density at radius 3 is 1.31 bits per heavy atom. The molecule has 6 aliphatic rings. The van der Waals surface area contributed by atoms with Gasteiger partial charge in [0.15, 0.2) is 11.6 Å². The first-order valence-electron chi connectivity index (χ1n) is 27.5. The van der Waals surface area contributed by atoms with Crippen molar-refractivity contribution in [1.29, 1.82) is 0 Å². The van der Waals surface area contributed by atoms with E-state index in [0.717, 1.165) is 127 Å². The molecule has 4 heteroatoms. The highest BCUT2D eigenvalue weighted by molar-refractivity contribution is 6.28. The molecule has 2 spiro atoms. The van der Waals surface area contributed by atoms with Gasteiger partial charge in [-0.2, -0.15) is 0 Å². The summed E-state index contributed by atoms with van der Waals surface area (Å²) in [5.41, 5.74) is 24.4. The first-order chi connectivity index (χ1) is 38.5. The summed E-state index contributed by atoms with van der Waals surface area (Å²) in [6.45, 7) is 0. The van der Waals surface area contributed by atoms with Crippen molar-refractivity contribution in [3.63, 3.8) is 0 Å². The molecule has 0 radical (unpaired) electrons. The standard InChI is InChI=1S/C74H41NO3/c76-70-53-36-60-47(34-49(53)65-42-22-7-12-26-56(42)73(65)58-28-14-9-24-44(58)67(70)73)51-31-40(63-46(38-17-3-1-4-18-38)33-55-41-21-11-16-30-62(41)78-72(55)64(63)39-19-5-2-6-20-39)32-52-48-35-50-54(37-61(48)75(60)69(51)52)71(77)68-45-25-10-15-29-59(45)74(68)57-27-13-8-23-43(57)66(50)74/h1-37,65-68H. The number of furan rings is 1. The lowest BCUT2D eigenvalue weighted by atomic mass is 9.36. The minimum atomic E-state index is -0.393. The molecule has 3 aromatic heterocycles. The number of hydrogen-bond acceptors (Lipinski definition) is 3. The Hall–Kier alpha value is -9.64. The second-order valence-electron chi connectivity index (χ2n) is 23.1. The van der Waals surface area contributed by atoms with Gasteiger partial charge in [0.1, 0.15) is 11.2 Å². The van der Waals surface area contributed by atoms with E-state index in [1.54, 1.807) is 0 Å². The van der Waals surface area contributed by atoms with E-state index in [4.69, 9.17) is 4.42 Å². The van der Waals surface area contributed by atoms with Crippen LogP contribution < -0.4 is 0 Å². The second kappa shape index (κ2) is 13.5. The smallest absolute Gasteiger partial charge is 0.171 e. The van der Waals surface area contributed by atoms with Gasteiger partial charge in [0.25, 0.3) is 0 Å². The van der Waals surface area contributed by atoms with Crippen LogP contribution in [-0.2, 0) is 10.8 Å². The van der Waals surface area contributed by atoms with Crippen LogP contribution in [0, 0.1) is 0 Å². The fourth-order valence-electron chi connectivity index (χ4n) is 17.5. The summed E-state index contributed by atoms with van der Waals surface area (Å²) in [5.74, 6) is -0.0519. The highest BCUT2D eigenvalue weighted by Crippen LogP contribution is 2.75. The van der Waals surface area contributed by atoms with Gasteiger partial charge in [-0.25, -0.2) is 0 Å². The highest BCUT2D eigenvalue weighted by atomic mass is 16.3. The van der Waals surface area contributed by atoms with Gasteiger partial charge in [-0.1, -0.05) is 176 Å². The maximum Gasteiger partial charge on any atom is 0.171 e. The summed E-state index contributed by atoms with van der Waals surface area (Å²) in [4.78, 5) is 31.3. The monoisotopic (exact) mass is 991 g/mol. The zero-order valence-corrected chi connectivity index (χ0v) is 41.8. The molecular weight excluding hydrogens is 951 g/mol. The Morgan fingerprint density at radius 2 is 0.782 bits per heavy atom. The summed E-state index contributed by atoms with van der Waals surface area (Å²) in [5, 5.41) is 6.59. The van der Waals surface area contributed by atoms with Crippen LogP contribution in [0.3, 0.4) is 0 Å². The van der Waals surface area contributed by atoms with Gasteiger partial charge in [0, 0.05) is 77.2 Å². The summed E-state index contributed by atoms with van der Waals surface area (Å²) in [6, 6.07) is 81.4. The first kappa shape index (κ1) is 40.6. The molecule has 0 N–H and O–H groups in total. The number of carbonyl (C=O) groups excluding carboxylic acids is 2. The molecule has 14 aromatic rings. The third-order valence-electron chi connectivity index (χ3n) is 20.2. The number of para-hydroxylation sites is 1. The van der Waals surface area contributed by atoms with Gasteiger partial charge in [-0.3, -0.25) is 9.59 Å². The van der Waals surface area contributed by atoms with Crippen molar-refractivity contribution in [2.75, 3.05) is 0 Å². The lowest BCUT2D eigenvalue weighted by Gasteiger charge is -2.64. The molecule has 6 aliphatic carbocycles. The van der Waals surface area contributed by atoms with E-state index in [-0.39, 0.29) is 35.2 Å². The number of ketones is 2. The van der Waals surface area contributed by atoms with Crippen LogP contribution in [-0.4, -0.2) is 16.0 Å². The number of hydrogen-bond donors (Lipinski definition) is 0. The molecular formula is C74H41NO3. The summed E-state index contributed by atoms with van der Waals surface area (Å²) >= 11 is 0. The summed E-state index contributed by atoms with van der Waals surface area (Å²) < 4.78 is 9.46. The minimum Gasteiger partial charge on any atom is -0.455 e. The number of fused-ring (bicyclic) bond motifs is 21. The van der Waals surface area contributed by atoms with Gasteiger partial charge in [-0.05, 0) is 126 Å². The normalized spacial score (nSPS) is 22.3. The van der Waals surface area contributed by atoms with E-state index in [2.05, 4.69) is 229 Å². The molecule has 0 aliphatic heterocycles. The van der Waals surface area contributed by atoms with Crippen LogP contribution >= 0.6 is 0 Å². The van der Waals surface area contributed by atoms with E-state index in [9.17, 15) is 0 Å². The van der Waals surface area contributed by atoms with Gasteiger partial charge >= 0.3 is 0 Å². The van der Waals surface area contributed by atoms with Crippen LogP contribution in [0.4, 0.5) is 0 Å². The zero-order valence-electron chi connectivity index (χ0n) is 41.8. The summed E-state index contributed by atoms with van der Waals surface area (Å²) in [7, 11) is 0. The Kier molecular flexibility index (Phi) is 7.02. The maximum atomic E-state index is 15.6. The molecule has 20 rings (SSSR count). The molecule has 0 bridgehead atoms. The van der Waals surface area contributed by atoms with E-state index in [1.807, 2.05) is 0 Å². The van der Waals surface area contributed by atoms with E-state index < -0.39 is 10.8 Å². The molecule has 11 aromatic carbocycles. The molecule has 0 fully saturated rings. The molecule has 0 amide bonds. The average Bonchev–Trinajstić information content (AvgIpc) is 1.24. The molecule has 4 nitrogen and oxygen atoms in total. The average molecular weight is 992 g/mol. The van der Waals surface area contributed by atoms with Gasteiger partial charge in [0.2, 0.25) is 0 Å². The molecule has 3 heterocycles. The van der Waals surface area contributed by atoms with Crippen LogP contribution in [0.15, 0.2) is 229 Å². The van der Waals surface area contributed by atoms with E-state index in [1.165, 1.54) is 33.4 Å². The third-order valence-corrected chi connectivity index (χ3v) is 20.2. The van der Waals surface area contributed by atoms with Gasteiger partial charge in [0.05, 0.1) is 28.4 Å². The molecule has 0 saturated heterocycles. The minimum absolute atomic E-state index is 0.0347. The van der Waals surface area contributed by atoms with Crippen LogP contribution in [0.25, 0.3) is 93.4 Å². The Morgan fingerprint density at radius 1 is 0.333 bits per heavy atom. The topological polar surface area (TPSA) is 51.7 Å². The van der Waals surface area contributed by atoms with Crippen molar-refractivity contribution in [2.45, 2.75) is 34.5 Å². The number of aromatic nitrogens is 1. The van der Waals surface area contributed by atoms with Crippen molar-refractivity contribution in [3.8, 4) is 33.4 Å². The van der Waals surface area contributed by atoms with Crippen molar-refractivity contribution in [2.24, 2.45) is 0 Å². The number of rotatable bonds is 3. The molecule has 6 atom stereocenters. The number of nitrogens with zero attached hydrogens (tertiary/aromatic N) is 1. The van der Waals surface area contributed by atoms with Crippen molar-refractivity contribution in [1.82, 2.24) is 4.40 Å². The Balaban J connectivity index is 0.941. The number of benzene rings is 11. The predicted octanol–water partition coefficient (Wildman–Crippen LogP) is 17.2.